The molecular formula is C22H20ClF3N2O. The largest absolute Gasteiger partial charge is 0.416 e. The molecule has 0 bridgehead atoms. The fourth-order valence-electron chi connectivity index (χ4n) is 3.23. The monoisotopic (exact) mass is 420 g/mol. The van der Waals surface area contributed by atoms with Crippen LogP contribution < -0.4 is 5.43 Å². The molecule has 0 saturated carbocycles. The molecule has 3 rings (SSSR count). The maximum Gasteiger partial charge on any atom is 0.416 e. The van der Waals surface area contributed by atoms with Crippen LogP contribution in [-0.2, 0) is 12.6 Å². The van der Waals surface area contributed by atoms with E-state index in [-0.39, 0.29) is 5.56 Å². The van der Waals surface area contributed by atoms with Crippen LogP contribution >= 0.6 is 11.6 Å². The lowest BCUT2D eigenvalue weighted by atomic mass is 9.98. The molecule has 29 heavy (non-hydrogen) atoms. The summed E-state index contributed by atoms with van der Waals surface area (Å²) in [6, 6.07) is 8.39. The molecule has 1 amide bonds. The molecule has 3 nitrogen and oxygen atoms in total. The lowest BCUT2D eigenvalue weighted by molar-refractivity contribution is -0.137. The Kier molecular flexibility index (Phi) is 6.13. The molecule has 0 aromatic heterocycles. The van der Waals surface area contributed by atoms with Gasteiger partial charge in [-0.05, 0) is 85.2 Å². The van der Waals surface area contributed by atoms with Gasteiger partial charge in [0.25, 0.3) is 5.91 Å². The lowest BCUT2D eigenvalue weighted by Crippen LogP contribution is -2.18. The predicted molar refractivity (Wildman–Crippen MR) is 109 cm³/mol. The van der Waals surface area contributed by atoms with Crippen molar-refractivity contribution >= 4 is 28.8 Å². The summed E-state index contributed by atoms with van der Waals surface area (Å²) in [5.41, 5.74) is 6.53. The average Bonchev–Trinajstić information content (AvgIpc) is 2.81. The molecule has 1 aliphatic carbocycles. The van der Waals surface area contributed by atoms with Crippen molar-refractivity contribution in [1.29, 1.82) is 0 Å². The number of nitrogens with one attached hydrogen (secondary N) is 1. The molecule has 0 atom stereocenters. The van der Waals surface area contributed by atoms with E-state index in [1.54, 1.807) is 0 Å². The summed E-state index contributed by atoms with van der Waals surface area (Å²) in [7, 11) is 0. The lowest BCUT2D eigenvalue weighted by Gasteiger charge is -2.10. The van der Waals surface area contributed by atoms with E-state index >= 15 is 0 Å². The number of fused-ring (bicyclic) bond motifs is 1. The van der Waals surface area contributed by atoms with Gasteiger partial charge in [0, 0.05) is 5.56 Å². The fraction of sp³-hybridized carbons (Fsp3) is 0.273. The molecule has 0 aliphatic heterocycles. The molecule has 7 heteroatoms. The highest BCUT2D eigenvalue weighted by Gasteiger charge is 2.30. The van der Waals surface area contributed by atoms with Crippen molar-refractivity contribution in [1.82, 2.24) is 5.43 Å². The summed E-state index contributed by atoms with van der Waals surface area (Å²) in [5.74, 6) is -0.718. The highest BCUT2D eigenvalue weighted by atomic mass is 35.5. The van der Waals surface area contributed by atoms with E-state index in [2.05, 4.69) is 23.5 Å². The Labute approximate surface area is 172 Å². The summed E-state index contributed by atoms with van der Waals surface area (Å²) in [5, 5.41) is 4.50. The van der Waals surface area contributed by atoms with E-state index in [1.807, 2.05) is 13.0 Å². The van der Waals surface area contributed by atoms with Crippen LogP contribution in [0, 0.1) is 13.8 Å². The van der Waals surface area contributed by atoms with Gasteiger partial charge in [-0.3, -0.25) is 4.79 Å². The van der Waals surface area contributed by atoms with E-state index in [0.29, 0.717) is 11.5 Å². The van der Waals surface area contributed by atoms with Gasteiger partial charge in [-0.25, -0.2) is 5.43 Å². The SMILES string of the molecule is Cc1cc2c(cc1C)C(Cl)=C(/C=N/NC(=O)c1cccc(C(F)(F)F)c1)CCC2. The average molecular weight is 421 g/mol. The molecule has 0 heterocycles. The molecular weight excluding hydrogens is 401 g/mol. The number of hydrogen-bond acceptors (Lipinski definition) is 2. The van der Waals surface area contributed by atoms with Crippen molar-refractivity contribution in [3.05, 3.63) is 75.4 Å². The van der Waals surface area contributed by atoms with E-state index in [0.717, 1.165) is 41.7 Å². The van der Waals surface area contributed by atoms with Crippen molar-refractivity contribution in [2.45, 2.75) is 39.3 Å². The number of rotatable bonds is 3. The zero-order valence-electron chi connectivity index (χ0n) is 16.0. The zero-order valence-corrected chi connectivity index (χ0v) is 16.8. The minimum absolute atomic E-state index is 0.116. The number of hydrazone groups is 1. The number of halogens is 4. The number of aryl methyl sites for hydroxylation is 3. The molecule has 152 valence electrons. The molecule has 2 aromatic rings. The quantitative estimate of drug-likeness (QED) is 0.478. The highest BCUT2D eigenvalue weighted by Crippen LogP contribution is 2.34. The van der Waals surface area contributed by atoms with E-state index < -0.39 is 17.6 Å². The number of benzene rings is 2. The molecule has 0 unspecified atom stereocenters. The Balaban J connectivity index is 1.79. The third-order valence-electron chi connectivity index (χ3n) is 4.97. The van der Waals surface area contributed by atoms with Gasteiger partial charge in [0.2, 0.25) is 0 Å². The molecule has 2 aromatic carbocycles. The van der Waals surface area contributed by atoms with Crippen molar-refractivity contribution in [3.8, 4) is 0 Å². The van der Waals surface area contributed by atoms with Crippen LogP contribution in [0.5, 0.6) is 0 Å². The smallest absolute Gasteiger partial charge is 0.267 e. The van der Waals surface area contributed by atoms with Gasteiger partial charge in [-0.1, -0.05) is 23.7 Å². The van der Waals surface area contributed by atoms with Crippen LogP contribution in [0.1, 0.15) is 51.0 Å². The van der Waals surface area contributed by atoms with E-state index in [1.165, 1.54) is 29.5 Å². The van der Waals surface area contributed by atoms with Crippen molar-refractivity contribution in [2.75, 3.05) is 0 Å². The van der Waals surface area contributed by atoms with E-state index in [4.69, 9.17) is 11.6 Å². The molecule has 0 saturated heterocycles. The van der Waals surface area contributed by atoms with Gasteiger partial charge in [0.15, 0.2) is 0 Å². The molecule has 0 spiro atoms. The van der Waals surface area contributed by atoms with E-state index in [9.17, 15) is 18.0 Å². The summed E-state index contributed by atoms with van der Waals surface area (Å²) < 4.78 is 38.4. The normalized spacial score (nSPS) is 14.7. The number of nitrogens with zero attached hydrogens (tertiary/aromatic N) is 1. The number of allylic oxidation sites excluding steroid dienone is 1. The first kappa shape index (κ1) is 21.1. The second-order valence-corrected chi connectivity index (χ2v) is 7.44. The second-order valence-electron chi connectivity index (χ2n) is 7.06. The summed E-state index contributed by atoms with van der Waals surface area (Å²) in [4.78, 5) is 12.2. The first-order valence-electron chi connectivity index (χ1n) is 9.16. The van der Waals surface area contributed by atoms with Gasteiger partial charge < -0.3 is 0 Å². The standard InChI is InChI=1S/C22H20ClF3N2O/c1-13-9-15-5-3-7-17(20(23)19(15)10-14(13)2)12-27-28-21(29)16-6-4-8-18(11-16)22(24,25)26/h4,6,8-12H,3,5,7H2,1-2H3,(H,28,29)/b27-12+. The number of carbonyl (C=O) groups is 1. The fourth-order valence-corrected chi connectivity index (χ4v) is 3.55. The van der Waals surface area contributed by atoms with Gasteiger partial charge in [0.05, 0.1) is 16.8 Å². The van der Waals surface area contributed by atoms with Gasteiger partial charge in [0.1, 0.15) is 0 Å². The summed E-state index contributed by atoms with van der Waals surface area (Å²) >= 11 is 6.60. The second kappa shape index (κ2) is 8.41. The van der Waals surface area contributed by atoms with Crippen LogP contribution in [0.4, 0.5) is 13.2 Å². The van der Waals surface area contributed by atoms with Crippen molar-refractivity contribution in [2.24, 2.45) is 5.10 Å². The number of amides is 1. The third-order valence-corrected chi connectivity index (χ3v) is 5.42. The Hall–Kier alpha value is -2.60. The number of alkyl halides is 3. The van der Waals surface area contributed by atoms with Crippen molar-refractivity contribution < 1.29 is 18.0 Å². The van der Waals surface area contributed by atoms with Crippen LogP contribution in [0.2, 0.25) is 0 Å². The Bertz CT molecular complexity index is 1010. The Morgan fingerprint density at radius 2 is 1.86 bits per heavy atom. The first-order valence-corrected chi connectivity index (χ1v) is 9.54. The Morgan fingerprint density at radius 1 is 1.14 bits per heavy atom. The first-order chi connectivity index (χ1) is 13.7. The summed E-state index contributed by atoms with van der Waals surface area (Å²) in [6.07, 6.45) is -0.579. The van der Waals surface area contributed by atoms with Gasteiger partial charge >= 0.3 is 6.18 Å². The maximum atomic E-state index is 12.8. The van der Waals surface area contributed by atoms with Crippen LogP contribution in [-0.4, -0.2) is 12.1 Å². The topological polar surface area (TPSA) is 41.5 Å². The molecule has 0 fully saturated rings. The predicted octanol–water partition coefficient (Wildman–Crippen LogP) is 6.02. The third kappa shape index (κ3) is 4.88. The molecule has 1 N–H and O–H groups in total. The number of carbonyl (C=O) groups excluding carboxylic acids is 1. The van der Waals surface area contributed by atoms with Crippen LogP contribution in [0.3, 0.4) is 0 Å². The van der Waals surface area contributed by atoms with Crippen LogP contribution in [0.25, 0.3) is 5.03 Å². The number of hydrogen-bond donors (Lipinski definition) is 1. The van der Waals surface area contributed by atoms with Gasteiger partial charge in [-0.15, -0.1) is 0 Å². The highest BCUT2D eigenvalue weighted by molar-refractivity contribution is 6.50. The summed E-state index contributed by atoms with van der Waals surface area (Å²) in [6.45, 7) is 4.08. The maximum absolute atomic E-state index is 12.8. The Morgan fingerprint density at radius 3 is 2.59 bits per heavy atom. The van der Waals surface area contributed by atoms with Gasteiger partial charge in [-0.2, -0.15) is 18.3 Å². The van der Waals surface area contributed by atoms with Crippen LogP contribution in [0.15, 0.2) is 47.1 Å². The minimum atomic E-state index is -4.51. The molecule has 0 radical (unpaired) electrons. The zero-order chi connectivity index (χ0) is 21.2. The molecule has 1 aliphatic rings. The minimum Gasteiger partial charge on any atom is -0.267 e. The van der Waals surface area contributed by atoms with Crippen molar-refractivity contribution in [3.63, 3.8) is 0 Å².